The van der Waals surface area contributed by atoms with E-state index in [2.05, 4.69) is 6.07 Å². The number of rotatable bonds is 3. The normalized spacial score (nSPS) is 17.1. The summed E-state index contributed by atoms with van der Waals surface area (Å²) in [5, 5.41) is 0. The molecule has 1 aliphatic carbocycles. The molecule has 0 saturated carbocycles. The Bertz CT molecular complexity index is 637. The van der Waals surface area contributed by atoms with Crippen LogP contribution in [-0.2, 0) is 11.2 Å². The Hall–Kier alpha value is -1.87. The van der Waals surface area contributed by atoms with Crippen LogP contribution in [0.5, 0.6) is 5.75 Å². The van der Waals surface area contributed by atoms with Crippen molar-refractivity contribution >= 4 is 0 Å². The second-order valence-electron chi connectivity index (χ2n) is 4.96. The summed E-state index contributed by atoms with van der Waals surface area (Å²) in [6.45, 7) is 0. The predicted molar refractivity (Wildman–Crippen MR) is 76.5 cm³/mol. The van der Waals surface area contributed by atoms with Crippen LogP contribution < -0.4 is 4.74 Å². The molecular formula is C17H17FO2. The fourth-order valence-electron chi connectivity index (χ4n) is 2.99. The molecule has 0 radical (unpaired) electrons. The molecule has 20 heavy (non-hydrogen) atoms. The summed E-state index contributed by atoms with van der Waals surface area (Å²) in [5.74, 6) is -0.0225. The third kappa shape index (κ3) is 1.98. The fourth-order valence-corrected chi connectivity index (χ4v) is 2.99. The summed E-state index contributed by atoms with van der Waals surface area (Å²) in [7, 11) is 3.21. The second-order valence-corrected chi connectivity index (χ2v) is 4.96. The topological polar surface area (TPSA) is 18.5 Å². The SMILES string of the molecule is COc1cccc(-c2cccc3c2CC[C@H]3OC)c1F. The van der Waals surface area contributed by atoms with Gasteiger partial charge in [-0.2, -0.15) is 0 Å². The quantitative estimate of drug-likeness (QED) is 0.836. The molecule has 0 amide bonds. The maximum absolute atomic E-state index is 14.4. The standard InChI is InChI=1S/C17H17FO2/c1-19-15-10-9-12-11(5-3-6-13(12)15)14-7-4-8-16(20-2)17(14)18/h3-8,15H,9-10H2,1-2H3/t15-/m1/s1. The van der Waals surface area contributed by atoms with E-state index in [1.54, 1.807) is 19.2 Å². The molecule has 0 N–H and O–H groups in total. The molecule has 2 nitrogen and oxygen atoms in total. The average molecular weight is 272 g/mol. The zero-order valence-corrected chi connectivity index (χ0v) is 11.7. The van der Waals surface area contributed by atoms with E-state index in [9.17, 15) is 4.39 Å². The molecular weight excluding hydrogens is 255 g/mol. The molecule has 1 aliphatic rings. The van der Waals surface area contributed by atoms with Crippen molar-refractivity contribution in [3.8, 4) is 16.9 Å². The van der Waals surface area contributed by atoms with Crippen LogP contribution in [0, 0.1) is 5.82 Å². The molecule has 0 saturated heterocycles. The lowest BCUT2D eigenvalue weighted by Gasteiger charge is -2.13. The van der Waals surface area contributed by atoms with E-state index >= 15 is 0 Å². The molecule has 3 heteroatoms. The van der Waals surface area contributed by atoms with E-state index in [0.717, 1.165) is 18.4 Å². The summed E-state index contributed by atoms with van der Waals surface area (Å²) in [6, 6.07) is 11.3. The van der Waals surface area contributed by atoms with E-state index < -0.39 is 0 Å². The molecule has 2 aromatic carbocycles. The van der Waals surface area contributed by atoms with Crippen LogP contribution >= 0.6 is 0 Å². The molecule has 3 rings (SSSR count). The Labute approximate surface area is 118 Å². The summed E-state index contributed by atoms with van der Waals surface area (Å²) in [4.78, 5) is 0. The average Bonchev–Trinajstić information content (AvgIpc) is 2.90. The number of ether oxygens (including phenoxy) is 2. The minimum Gasteiger partial charge on any atom is -0.494 e. The van der Waals surface area contributed by atoms with Gasteiger partial charge in [-0.1, -0.05) is 30.3 Å². The lowest BCUT2D eigenvalue weighted by atomic mass is 9.96. The first-order valence-electron chi connectivity index (χ1n) is 6.73. The van der Waals surface area contributed by atoms with E-state index in [4.69, 9.17) is 9.47 Å². The number of benzene rings is 2. The van der Waals surface area contributed by atoms with Crippen LogP contribution in [0.25, 0.3) is 11.1 Å². The number of hydrogen-bond donors (Lipinski definition) is 0. The number of halogens is 1. The number of hydrogen-bond acceptors (Lipinski definition) is 2. The second kappa shape index (κ2) is 5.25. The van der Waals surface area contributed by atoms with Gasteiger partial charge >= 0.3 is 0 Å². The van der Waals surface area contributed by atoms with Crippen molar-refractivity contribution in [2.24, 2.45) is 0 Å². The summed E-state index contributed by atoms with van der Waals surface area (Å²) >= 11 is 0. The first-order valence-corrected chi connectivity index (χ1v) is 6.73. The van der Waals surface area contributed by atoms with Gasteiger partial charge in [0.1, 0.15) is 0 Å². The van der Waals surface area contributed by atoms with Gasteiger partial charge in [-0.15, -0.1) is 0 Å². The Balaban J connectivity index is 2.15. The molecule has 2 aromatic rings. The first-order chi connectivity index (χ1) is 9.76. The third-order valence-corrected chi connectivity index (χ3v) is 3.97. The fraction of sp³-hybridized carbons (Fsp3) is 0.294. The van der Waals surface area contributed by atoms with Gasteiger partial charge in [-0.3, -0.25) is 0 Å². The Kier molecular flexibility index (Phi) is 3.45. The van der Waals surface area contributed by atoms with Crippen molar-refractivity contribution in [2.45, 2.75) is 18.9 Å². The number of methoxy groups -OCH3 is 2. The molecule has 0 heterocycles. The summed E-state index contributed by atoms with van der Waals surface area (Å²) in [6.07, 6.45) is 1.99. The van der Waals surface area contributed by atoms with Crippen molar-refractivity contribution in [3.05, 3.63) is 53.3 Å². The maximum Gasteiger partial charge on any atom is 0.172 e. The van der Waals surface area contributed by atoms with E-state index in [0.29, 0.717) is 5.56 Å². The highest BCUT2D eigenvalue weighted by Gasteiger charge is 2.25. The van der Waals surface area contributed by atoms with Crippen molar-refractivity contribution < 1.29 is 13.9 Å². The van der Waals surface area contributed by atoms with Crippen LogP contribution in [0.15, 0.2) is 36.4 Å². The van der Waals surface area contributed by atoms with Crippen LogP contribution in [0.4, 0.5) is 4.39 Å². The highest BCUT2D eigenvalue weighted by Crippen LogP contribution is 2.40. The summed E-state index contributed by atoms with van der Waals surface area (Å²) < 4.78 is 25.0. The van der Waals surface area contributed by atoms with E-state index in [1.165, 1.54) is 18.2 Å². The van der Waals surface area contributed by atoms with Crippen molar-refractivity contribution in [2.75, 3.05) is 14.2 Å². The highest BCUT2D eigenvalue weighted by atomic mass is 19.1. The van der Waals surface area contributed by atoms with Gasteiger partial charge < -0.3 is 9.47 Å². The molecule has 0 aliphatic heterocycles. The monoisotopic (exact) mass is 272 g/mol. The smallest absolute Gasteiger partial charge is 0.172 e. The summed E-state index contributed by atoms with van der Waals surface area (Å²) in [5.41, 5.74) is 3.90. The molecule has 0 fully saturated rings. The molecule has 0 bridgehead atoms. The molecule has 0 aromatic heterocycles. The van der Waals surface area contributed by atoms with Crippen molar-refractivity contribution in [1.82, 2.24) is 0 Å². The van der Waals surface area contributed by atoms with E-state index in [1.807, 2.05) is 18.2 Å². The zero-order valence-electron chi connectivity index (χ0n) is 11.7. The van der Waals surface area contributed by atoms with E-state index in [-0.39, 0.29) is 17.7 Å². The van der Waals surface area contributed by atoms with Crippen LogP contribution in [0.1, 0.15) is 23.7 Å². The Morgan fingerprint density at radius 1 is 1.05 bits per heavy atom. The minimum absolute atomic E-state index is 0.124. The zero-order chi connectivity index (χ0) is 14.1. The third-order valence-electron chi connectivity index (χ3n) is 3.97. The Morgan fingerprint density at radius 2 is 1.80 bits per heavy atom. The van der Waals surface area contributed by atoms with Gasteiger partial charge in [0.05, 0.1) is 13.2 Å². The van der Waals surface area contributed by atoms with Crippen molar-refractivity contribution in [1.29, 1.82) is 0 Å². The molecule has 1 atom stereocenters. The van der Waals surface area contributed by atoms with Crippen molar-refractivity contribution in [3.63, 3.8) is 0 Å². The number of fused-ring (bicyclic) bond motifs is 1. The highest BCUT2D eigenvalue weighted by molar-refractivity contribution is 5.71. The minimum atomic E-state index is -0.302. The van der Waals surface area contributed by atoms with Crippen LogP contribution in [0.2, 0.25) is 0 Å². The van der Waals surface area contributed by atoms with Gasteiger partial charge in [-0.05, 0) is 35.6 Å². The van der Waals surface area contributed by atoms with Gasteiger partial charge in [0.2, 0.25) is 0 Å². The lowest BCUT2D eigenvalue weighted by molar-refractivity contribution is 0.105. The van der Waals surface area contributed by atoms with Gasteiger partial charge in [0.15, 0.2) is 11.6 Å². The largest absolute Gasteiger partial charge is 0.494 e. The maximum atomic E-state index is 14.4. The predicted octanol–water partition coefficient (Wildman–Crippen LogP) is 4.14. The molecule has 0 unspecified atom stereocenters. The van der Waals surface area contributed by atoms with Gasteiger partial charge in [0, 0.05) is 12.7 Å². The van der Waals surface area contributed by atoms with Crippen LogP contribution in [0.3, 0.4) is 0 Å². The van der Waals surface area contributed by atoms with Gasteiger partial charge in [-0.25, -0.2) is 4.39 Å². The molecule has 104 valence electrons. The first kappa shape index (κ1) is 13.1. The van der Waals surface area contributed by atoms with Gasteiger partial charge in [0.25, 0.3) is 0 Å². The lowest BCUT2D eigenvalue weighted by Crippen LogP contribution is -1.97. The Morgan fingerprint density at radius 3 is 2.55 bits per heavy atom. The molecule has 0 spiro atoms. The van der Waals surface area contributed by atoms with Crippen LogP contribution in [-0.4, -0.2) is 14.2 Å².